The first-order valence-corrected chi connectivity index (χ1v) is 6.98. The molecular formula is C13H16F2IN. The lowest BCUT2D eigenvalue weighted by molar-refractivity contribution is -0.0635. The zero-order valence-electron chi connectivity index (χ0n) is 9.63. The molecule has 1 heterocycles. The molecule has 1 saturated heterocycles. The quantitative estimate of drug-likeness (QED) is 0.753. The van der Waals surface area contributed by atoms with Crippen LogP contribution in [0.1, 0.15) is 18.4 Å². The molecular weight excluding hydrogens is 335 g/mol. The molecule has 17 heavy (non-hydrogen) atoms. The number of piperidine rings is 1. The molecule has 94 valence electrons. The van der Waals surface area contributed by atoms with Crippen LogP contribution in [0.3, 0.4) is 0 Å². The lowest BCUT2D eigenvalue weighted by Crippen LogP contribution is -2.43. The van der Waals surface area contributed by atoms with Crippen molar-refractivity contribution in [1.29, 1.82) is 0 Å². The van der Waals surface area contributed by atoms with E-state index in [9.17, 15) is 8.78 Å². The Morgan fingerprint density at radius 1 is 1.24 bits per heavy atom. The minimum atomic E-state index is -2.48. The zero-order valence-corrected chi connectivity index (χ0v) is 11.8. The summed E-state index contributed by atoms with van der Waals surface area (Å²) in [4.78, 5) is 1.88. The van der Waals surface area contributed by atoms with E-state index in [4.69, 9.17) is 0 Å². The van der Waals surface area contributed by atoms with Gasteiger partial charge in [-0.2, -0.15) is 0 Å². The number of likely N-dealkylation sites (tertiary alicyclic amines) is 1. The van der Waals surface area contributed by atoms with Gasteiger partial charge in [-0.25, -0.2) is 8.78 Å². The molecule has 1 aromatic rings. The lowest BCUT2D eigenvalue weighted by atomic mass is 10.1. The summed E-state index contributed by atoms with van der Waals surface area (Å²) in [5, 5.41) is 0. The van der Waals surface area contributed by atoms with Gasteiger partial charge in [0.25, 0.3) is 5.92 Å². The molecule has 0 aliphatic carbocycles. The van der Waals surface area contributed by atoms with Crippen molar-refractivity contribution in [3.05, 3.63) is 33.4 Å². The molecule has 0 aromatic heterocycles. The molecule has 1 aliphatic rings. The number of hydrogen-bond acceptors (Lipinski definition) is 1. The zero-order chi connectivity index (χ0) is 12.3. The van der Waals surface area contributed by atoms with Crippen LogP contribution in [0.4, 0.5) is 8.78 Å². The van der Waals surface area contributed by atoms with Crippen molar-refractivity contribution in [2.24, 2.45) is 0 Å². The Labute approximate surface area is 114 Å². The minimum Gasteiger partial charge on any atom is -0.297 e. The van der Waals surface area contributed by atoms with E-state index in [1.54, 1.807) is 0 Å². The van der Waals surface area contributed by atoms with Gasteiger partial charge in [0, 0.05) is 16.5 Å². The van der Waals surface area contributed by atoms with Crippen LogP contribution in [0, 0.1) is 3.57 Å². The van der Waals surface area contributed by atoms with Crippen molar-refractivity contribution in [2.45, 2.75) is 25.2 Å². The van der Waals surface area contributed by atoms with Crippen molar-refractivity contribution >= 4 is 22.6 Å². The average Bonchev–Trinajstić information content (AvgIpc) is 2.27. The van der Waals surface area contributed by atoms with E-state index < -0.39 is 5.92 Å². The predicted molar refractivity (Wildman–Crippen MR) is 73.5 cm³/mol. The average molecular weight is 351 g/mol. The van der Waals surface area contributed by atoms with Gasteiger partial charge in [-0.3, -0.25) is 4.90 Å². The van der Waals surface area contributed by atoms with Crippen LogP contribution in [0.5, 0.6) is 0 Å². The monoisotopic (exact) mass is 351 g/mol. The summed E-state index contributed by atoms with van der Waals surface area (Å²) in [5.41, 5.74) is 1.22. The van der Waals surface area contributed by atoms with Crippen molar-refractivity contribution in [1.82, 2.24) is 4.90 Å². The second-order valence-corrected chi connectivity index (χ2v) is 5.86. The Morgan fingerprint density at radius 2 is 1.94 bits per heavy atom. The molecule has 0 amide bonds. The first-order valence-electron chi connectivity index (χ1n) is 5.90. The van der Waals surface area contributed by atoms with Gasteiger partial charge in [0.05, 0.1) is 6.54 Å². The second-order valence-electron chi connectivity index (χ2n) is 4.61. The van der Waals surface area contributed by atoms with E-state index in [1.165, 1.54) is 9.13 Å². The number of halogens is 3. The highest BCUT2D eigenvalue weighted by Crippen LogP contribution is 2.26. The maximum Gasteiger partial charge on any atom is 0.260 e. The van der Waals surface area contributed by atoms with Crippen LogP contribution >= 0.6 is 22.6 Å². The Hall–Kier alpha value is -0.230. The van der Waals surface area contributed by atoms with Crippen molar-refractivity contribution in [3.8, 4) is 0 Å². The maximum absolute atomic E-state index is 13.2. The fraction of sp³-hybridized carbons (Fsp3) is 0.538. The van der Waals surface area contributed by atoms with Crippen molar-refractivity contribution in [3.63, 3.8) is 0 Å². The Kier molecular flexibility index (Phi) is 4.36. The minimum absolute atomic E-state index is 0.0486. The van der Waals surface area contributed by atoms with Gasteiger partial charge in [-0.05, 0) is 59.7 Å². The van der Waals surface area contributed by atoms with Crippen LogP contribution in [0.2, 0.25) is 0 Å². The number of nitrogens with zero attached hydrogens (tertiary/aromatic N) is 1. The van der Waals surface area contributed by atoms with Gasteiger partial charge in [-0.1, -0.05) is 12.1 Å². The molecule has 0 radical (unpaired) electrons. The molecule has 0 atom stereocenters. The topological polar surface area (TPSA) is 3.24 Å². The molecule has 1 nitrogen and oxygen atoms in total. The first kappa shape index (κ1) is 13.2. The number of hydrogen-bond donors (Lipinski definition) is 0. The van der Waals surface area contributed by atoms with Crippen LogP contribution in [-0.4, -0.2) is 30.5 Å². The van der Waals surface area contributed by atoms with Crippen molar-refractivity contribution in [2.75, 3.05) is 19.6 Å². The Bertz CT molecular complexity index is 364. The summed E-state index contributed by atoms with van der Waals surface area (Å²) in [5.74, 6) is -2.48. The molecule has 0 N–H and O–H groups in total. The lowest BCUT2D eigenvalue weighted by Gasteiger charge is -2.32. The number of rotatable bonds is 3. The van der Waals surface area contributed by atoms with E-state index in [0.717, 1.165) is 19.5 Å². The van der Waals surface area contributed by atoms with Crippen LogP contribution in [0.25, 0.3) is 0 Å². The van der Waals surface area contributed by atoms with Gasteiger partial charge in [0.15, 0.2) is 0 Å². The summed E-state index contributed by atoms with van der Waals surface area (Å²) in [6.07, 6.45) is 1.51. The highest BCUT2D eigenvalue weighted by atomic mass is 127. The smallest absolute Gasteiger partial charge is 0.260 e. The van der Waals surface area contributed by atoms with E-state index >= 15 is 0 Å². The third-order valence-electron chi connectivity index (χ3n) is 3.10. The molecule has 2 rings (SSSR count). The molecule has 1 aromatic carbocycles. The first-order chi connectivity index (χ1) is 8.05. The SMILES string of the molecule is FC1(F)CCCN(CCc2ccc(I)cc2)C1. The Morgan fingerprint density at radius 3 is 2.59 bits per heavy atom. The highest BCUT2D eigenvalue weighted by molar-refractivity contribution is 14.1. The highest BCUT2D eigenvalue weighted by Gasteiger charge is 2.34. The van der Waals surface area contributed by atoms with E-state index in [1.807, 2.05) is 4.90 Å². The molecule has 0 unspecified atom stereocenters. The van der Waals surface area contributed by atoms with Gasteiger partial charge in [0.2, 0.25) is 0 Å². The largest absolute Gasteiger partial charge is 0.297 e. The van der Waals surface area contributed by atoms with Gasteiger partial charge < -0.3 is 0 Å². The third-order valence-corrected chi connectivity index (χ3v) is 3.82. The standard InChI is InChI=1S/C13H16F2IN/c14-13(15)7-1-8-17(10-13)9-6-11-2-4-12(16)5-3-11/h2-5H,1,6-10H2. The van der Waals surface area contributed by atoms with E-state index in [0.29, 0.717) is 6.42 Å². The second kappa shape index (κ2) is 5.61. The fourth-order valence-electron chi connectivity index (χ4n) is 2.18. The van der Waals surface area contributed by atoms with Gasteiger partial charge >= 0.3 is 0 Å². The fourth-order valence-corrected chi connectivity index (χ4v) is 2.54. The normalized spacial score (nSPS) is 20.4. The van der Waals surface area contributed by atoms with Gasteiger partial charge in [-0.15, -0.1) is 0 Å². The summed E-state index contributed by atoms with van der Waals surface area (Å²) in [6, 6.07) is 8.26. The Balaban J connectivity index is 1.84. The maximum atomic E-state index is 13.2. The molecule has 1 aliphatic heterocycles. The number of alkyl halides is 2. The van der Waals surface area contributed by atoms with Crippen LogP contribution in [-0.2, 0) is 6.42 Å². The van der Waals surface area contributed by atoms with Crippen LogP contribution < -0.4 is 0 Å². The summed E-state index contributed by atoms with van der Waals surface area (Å²) >= 11 is 2.26. The van der Waals surface area contributed by atoms with Crippen LogP contribution in [0.15, 0.2) is 24.3 Å². The third kappa shape index (κ3) is 4.17. The van der Waals surface area contributed by atoms with E-state index in [-0.39, 0.29) is 13.0 Å². The molecule has 0 spiro atoms. The van der Waals surface area contributed by atoms with E-state index in [2.05, 4.69) is 46.9 Å². The summed E-state index contributed by atoms with van der Waals surface area (Å²) in [7, 11) is 0. The summed E-state index contributed by atoms with van der Waals surface area (Å²) < 4.78 is 27.6. The summed E-state index contributed by atoms with van der Waals surface area (Å²) in [6.45, 7) is 1.47. The molecule has 0 bridgehead atoms. The van der Waals surface area contributed by atoms with Crippen molar-refractivity contribution < 1.29 is 8.78 Å². The molecule has 0 saturated carbocycles. The molecule has 4 heteroatoms. The van der Waals surface area contributed by atoms with Gasteiger partial charge in [0.1, 0.15) is 0 Å². The predicted octanol–water partition coefficient (Wildman–Crippen LogP) is 3.56. The molecule has 1 fully saturated rings. The number of benzene rings is 1.